The first-order valence-electron chi connectivity index (χ1n) is 14.6. The highest BCUT2D eigenvalue weighted by Gasteiger charge is 2.15. The molecule has 39 heavy (non-hydrogen) atoms. The summed E-state index contributed by atoms with van der Waals surface area (Å²) in [5, 5.41) is 5.68. The summed E-state index contributed by atoms with van der Waals surface area (Å²) < 4.78 is 22.5. The number of unbranched alkanes of at least 4 members (excludes halogenated alkanes) is 11. The number of hydrogen-bond acceptors (Lipinski definition) is 3. The van der Waals surface area contributed by atoms with Crippen molar-refractivity contribution < 1.29 is 18.5 Å². The van der Waals surface area contributed by atoms with Crippen LogP contribution in [0.2, 0.25) is 0 Å². The number of urea groups is 1. The van der Waals surface area contributed by atoms with Crippen LogP contribution in [0.5, 0.6) is 5.75 Å². The number of para-hydroxylation sites is 2. The lowest BCUT2D eigenvalue weighted by Gasteiger charge is -2.15. The van der Waals surface area contributed by atoms with Crippen LogP contribution < -0.4 is 19.9 Å². The summed E-state index contributed by atoms with van der Waals surface area (Å²) in [7, 11) is 0. The first-order valence-corrected chi connectivity index (χ1v) is 15.5. The summed E-state index contributed by atoms with van der Waals surface area (Å²) in [6.07, 6.45) is 17.2. The van der Waals surface area contributed by atoms with E-state index in [1.54, 1.807) is 23.5 Å². The molecule has 0 spiro atoms. The molecule has 5 nitrogen and oxygen atoms in total. The number of anilines is 2. The van der Waals surface area contributed by atoms with Crippen molar-refractivity contribution in [3.8, 4) is 5.75 Å². The Hall–Kier alpha value is -2.93. The van der Waals surface area contributed by atoms with Gasteiger partial charge in [-0.25, -0.2) is 9.18 Å². The standard InChI is InChI=1S/C32H44FN3O2S/c1-3-4-5-6-7-8-9-10-11-12-13-16-22-38-31-28(33)19-17-21-30(31)35-32(37)34-29-20-15-14-18-27(29)24-36-23-26(2)39-25-36/h14-15,17-21,23,25H,3-13,16,22,24H2,1-2H3,(H-,34,35,37)/p+1. The fourth-order valence-electron chi connectivity index (χ4n) is 4.65. The lowest BCUT2D eigenvalue weighted by Crippen LogP contribution is -2.31. The van der Waals surface area contributed by atoms with Crippen LogP contribution in [0.4, 0.5) is 20.6 Å². The van der Waals surface area contributed by atoms with Crippen LogP contribution in [0.15, 0.2) is 54.2 Å². The first kappa shape index (κ1) is 30.6. The third kappa shape index (κ3) is 11.4. The predicted octanol–water partition coefficient (Wildman–Crippen LogP) is 9.26. The summed E-state index contributed by atoms with van der Waals surface area (Å²) in [6, 6.07) is 11.8. The molecule has 1 aromatic heterocycles. The van der Waals surface area contributed by atoms with Crippen molar-refractivity contribution in [3.05, 3.63) is 70.4 Å². The lowest BCUT2D eigenvalue weighted by molar-refractivity contribution is -0.683. The van der Waals surface area contributed by atoms with Gasteiger partial charge in [0.05, 0.1) is 22.9 Å². The van der Waals surface area contributed by atoms with Gasteiger partial charge in [0.2, 0.25) is 5.51 Å². The summed E-state index contributed by atoms with van der Waals surface area (Å²) in [5.41, 5.74) is 4.07. The van der Waals surface area contributed by atoms with Gasteiger partial charge in [-0.3, -0.25) is 0 Å². The van der Waals surface area contributed by atoms with Crippen LogP contribution in [-0.2, 0) is 6.54 Å². The van der Waals surface area contributed by atoms with E-state index in [-0.39, 0.29) is 5.75 Å². The number of carbonyl (C=O) groups excluding carboxylic acids is 1. The Morgan fingerprint density at radius 1 is 0.846 bits per heavy atom. The highest BCUT2D eigenvalue weighted by molar-refractivity contribution is 7.09. The first-order chi connectivity index (χ1) is 19.1. The molecule has 0 radical (unpaired) electrons. The van der Waals surface area contributed by atoms with Gasteiger partial charge < -0.3 is 15.4 Å². The van der Waals surface area contributed by atoms with E-state index in [4.69, 9.17) is 4.74 Å². The third-order valence-corrected chi connectivity index (χ3v) is 7.65. The Labute approximate surface area is 237 Å². The molecule has 0 saturated heterocycles. The normalized spacial score (nSPS) is 10.9. The Balaban J connectivity index is 1.40. The minimum absolute atomic E-state index is 0.0910. The largest absolute Gasteiger partial charge is 0.488 e. The molecule has 7 heteroatoms. The average Bonchev–Trinajstić information content (AvgIpc) is 3.33. The van der Waals surface area contributed by atoms with Crippen LogP contribution in [0.3, 0.4) is 0 Å². The van der Waals surface area contributed by atoms with Gasteiger partial charge in [0.1, 0.15) is 0 Å². The summed E-state index contributed by atoms with van der Waals surface area (Å²) in [4.78, 5) is 14.1. The molecule has 212 valence electrons. The van der Waals surface area contributed by atoms with E-state index in [1.165, 1.54) is 75.2 Å². The number of rotatable bonds is 18. The maximum absolute atomic E-state index is 14.6. The Bertz CT molecular complexity index is 1130. The maximum atomic E-state index is 14.6. The maximum Gasteiger partial charge on any atom is 0.323 e. The molecule has 2 N–H and O–H groups in total. The molecule has 3 rings (SSSR count). The molecular formula is C32H45FN3O2S+. The minimum Gasteiger partial charge on any atom is -0.488 e. The van der Waals surface area contributed by atoms with Gasteiger partial charge in [0.25, 0.3) is 0 Å². The molecule has 0 aliphatic rings. The lowest BCUT2D eigenvalue weighted by atomic mass is 10.1. The van der Waals surface area contributed by atoms with Crippen molar-refractivity contribution in [2.75, 3.05) is 17.2 Å². The van der Waals surface area contributed by atoms with Crippen molar-refractivity contribution in [3.63, 3.8) is 0 Å². The van der Waals surface area contributed by atoms with Gasteiger partial charge in [0.15, 0.2) is 24.3 Å². The number of nitrogens with one attached hydrogen (secondary N) is 2. The molecule has 3 aromatic rings. The van der Waals surface area contributed by atoms with Crippen molar-refractivity contribution >= 4 is 28.7 Å². The van der Waals surface area contributed by atoms with Crippen LogP contribution >= 0.6 is 11.3 Å². The number of nitrogens with zero attached hydrogens (tertiary/aromatic N) is 1. The molecule has 1 heterocycles. The van der Waals surface area contributed by atoms with Crippen LogP contribution in [0.1, 0.15) is 94.4 Å². The number of benzene rings is 2. The third-order valence-electron chi connectivity index (χ3n) is 6.80. The molecule has 0 bridgehead atoms. The van der Waals surface area contributed by atoms with Gasteiger partial charge in [-0.05, 0) is 31.5 Å². The van der Waals surface area contributed by atoms with E-state index in [2.05, 4.69) is 40.8 Å². The van der Waals surface area contributed by atoms with E-state index in [9.17, 15) is 9.18 Å². The highest BCUT2D eigenvalue weighted by Crippen LogP contribution is 2.28. The number of hydrogen-bond donors (Lipinski definition) is 2. The molecule has 0 fully saturated rings. The quantitative estimate of drug-likeness (QED) is 0.122. The van der Waals surface area contributed by atoms with Gasteiger partial charge in [0, 0.05) is 5.56 Å². The zero-order valence-electron chi connectivity index (χ0n) is 23.6. The molecule has 2 amide bonds. The Kier molecular flexibility index (Phi) is 13.8. The SMILES string of the molecule is CCCCCCCCCCCCCCOc1c(F)cccc1NC(=O)Nc1ccccc1C[n+]1csc(C)c1. The smallest absolute Gasteiger partial charge is 0.323 e. The van der Waals surface area contributed by atoms with E-state index in [0.29, 0.717) is 24.5 Å². The monoisotopic (exact) mass is 554 g/mol. The molecule has 0 saturated carbocycles. The number of aryl methyl sites for hydroxylation is 1. The van der Waals surface area contributed by atoms with Crippen molar-refractivity contribution in [2.45, 2.75) is 97.4 Å². The molecule has 0 aliphatic carbocycles. The number of aromatic nitrogens is 1. The van der Waals surface area contributed by atoms with Gasteiger partial charge >= 0.3 is 6.03 Å². The minimum atomic E-state index is -0.476. The number of ether oxygens (including phenoxy) is 1. The van der Waals surface area contributed by atoms with E-state index in [0.717, 1.165) is 18.4 Å². The summed E-state index contributed by atoms with van der Waals surface area (Å²) in [6.45, 7) is 5.39. The van der Waals surface area contributed by atoms with Crippen molar-refractivity contribution in [2.24, 2.45) is 0 Å². The van der Waals surface area contributed by atoms with E-state index >= 15 is 0 Å². The predicted molar refractivity (Wildman–Crippen MR) is 160 cm³/mol. The molecule has 0 atom stereocenters. The van der Waals surface area contributed by atoms with Gasteiger partial charge in [-0.2, -0.15) is 4.57 Å². The number of thiazole rings is 1. The zero-order chi connectivity index (χ0) is 27.7. The van der Waals surface area contributed by atoms with E-state index in [1.807, 2.05) is 24.3 Å². The second-order valence-corrected chi connectivity index (χ2v) is 11.3. The van der Waals surface area contributed by atoms with E-state index < -0.39 is 11.8 Å². The Morgan fingerprint density at radius 3 is 2.13 bits per heavy atom. The van der Waals surface area contributed by atoms with Crippen LogP contribution in [-0.4, -0.2) is 12.6 Å². The number of amides is 2. The second-order valence-electron chi connectivity index (χ2n) is 10.2. The topological polar surface area (TPSA) is 54.2 Å². The molecular weight excluding hydrogens is 509 g/mol. The van der Waals surface area contributed by atoms with Crippen LogP contribution in [0.25, 0.3) is 0 Å². The van der Waals surface area contributed by atoms with Crippen LogP contribution in [0, 0.1) is 12.7 Å². The van der Waals surface area contributed by atoms with Gasteiger partial charge in [-0.15, -0.1) is 0 Å². The number of carbonyl (C=O) groups is 1. The Morgan fingerprint density at radius 2 is 1.46 bits per heavy atom. The summed E-state index contributed by atoms with van der Waals surface area (Å²) >= 11 is 1.68. The zero-order valence-corrected chi connectivity index (χ0v) is 24.5. The second kappa shape index (κ2) is 17.6. The fourth-order valence-corrected chi connectivity index (χ4v) is 5.29. The van der Waals surface area contributed by atoms with Crippen molar-refractivity contribution in [1.82, 2.24) is 0 Å². The molecule has 0 unspecified atom stereocenters. The highest BCUT2D eigenvalue weighted by atomic mass is 32.1. The van der Waals surface area contributed by atoms with Gasteiger partial charge in [-0.1, -0.05) is 113 Å². The fraction of sp³-hybridized carbons (Fsp3) is 0.500. The summed E-state index contributed by atoms with van der Waals surface area (Å²) in [5.74, 6) is -0.385. The molecule has 0 aliphatic heterocycles. The number of halogens is 1. The average molecular weight is 555 g/mol. The molecule has 2 aromatic carbocycles. The van der Waals surface area contributed by atoms with Crippen molar-refractivity contribution in [1.29, 1.82) is 0 Å².